The number of rotatable bonds is 4. The van der Waals surface area contributed by atoms with Gasteiger partial charge in [-0.15, -0.1) is 0 Å². The molecule has 0 aromatic heterocycles. The molecule has 3 nitrogen and oxygen atoms in total. The third-order valence-corrected chi connectivity index (χ3v) is 10.7. The van der Waals surface area contributed by atoms with Crippen LogP contribution in [-0.2, 0) is 0 Å². The van der Waals surface area contributed by atoms with Gasteiger partial charge in [0.2, 0.25) is 0 Å². The molecule has 0 spiro atoms. The number of fused-ring (bicyclic) bond motifs is 5. The van der Waals surface area contributed by atoms with Crippen LogP contribution in [0.3, 0.4) is 0 Å². The second-order valence-electron chi connectivity index (χ2n) is 12.5. The summed E-state index contributed by atoms with van der Waals surface area (Å²) < 4.78 is 0. The Kier molecular flexibility index (Phi) is 6.06. The van der Waals surface area contributed by atoms with E-state index in [-0.39, 0.29) is 10.8 Å². The molecule has 31 heavy (non-hydrogen) atoms. The van der Waals surface area contributed by atoms with E-state index < -0.39 is 17.8 Å². The minimum Gasteiger partial charge on any atom is -0.393 e. The fraction of sp³-hybridized carbons (Fsp3) is 0.857. The van der Waals surface area contributed by atoms with Crippen LogP contribution in [0.15, 0.2) is 23.8 Å². The molecule has 3 fully saturated rings. The molecule has 0 heterocycles. The lowest BCUT2D eigenvalue weighted by Crippen LogP contribution is -2.65. The van der Waals surface area contributed by atoms with Crippen LogP contribution in [0.4, 0.5) is 0 Å². The van der Waals surface area contributed by atoms with Crippen molar-refractivity contribution in [2.45, 2.75) is 104 Å². The van der Waals surface area contributed by atoms with Gasteiger partial charge < -0.3 is 15.3 Å². The summed E-state index contributed by atoms with van der Waals surface area (Å²) in [6.45, 7) is 14.0. The molecule has 0 unspecified atom stereocenters. The summed E-state index contributed by atoms with van der Waals surface area (Å²) in [5.41, 5.74) is 0.160. The van der Waals surface area contributed by atoms with Crippen LogP contribution >= 0.6 is 0 Å². The van der Waals surface area contributed by atoms with Gasteiger partial charge >= 0.3 is 0 Å². The summed E-state index contributed by atoms with van der Waals surface area (Å²) in [5.74, 6) is 3.37. The van der Waals surface area contributed by atoms with Crippen LogP contribution in [0.1, 0.15) is 86.5 Å². The summed E-state index contributed by atoms with van der Waals surface area (Å²) in [4.78, 5) is 0. The number of aliphatic hydroxyl groups is 3. The molecule has 3 N–H and O–H groups in total. The summed E-state index contributed by atoms with van der Waals surface area (Å²) in [7, 11) is 0. The average molecular weight is 431 g/mol. The highest BCUT2D eigenvalue weighted by Gasteiger charge is 2.64. The zero-order valence-corrected chi connectivity index (χ0v) is 20.6. The van der Waals surface area contributed by atoms with Crippen LogP contribution < -0.4 is 0 Å². The molecule has 0 saturated heterocycles. The van der Waals surface area contributed by atoms with Crippen LogP contribution in [-0.4, -0.2) is 33.1 Å². The second kappa shape index (κ2) is 7.99. The van der Waals surface area contributed by atoms with E-state index in [1.165, 1.54) is 24.8 Å². The SMILES string of the molecule is CC(C)[C@@H](C)/C=C/[C@@H](C)[C@H]1CC[C@H]2C3=C[C@H](O)[C@@]4(O)C[C@@H](O)CC[C@]4(C)[C@H]3CC[C@]12C. The minimum absolute atomic E-state index is 0.271. The Bertz CT molecular complexity index is 741. The molecule has 0 bridgehead atoms. The highest BCUT2D eigenvalue weighted by atomic mass is 16.3. The maximum absolute atomic E-state index is 11.6. The van der Waals surface area contributed by atoms with Gasteiger partial charge in [0.25, 0.3) is 0 Å². The first-order valence-electron chi connectivity index (χ1n) is 12.9. The summed E-state index contributed by atoms with van der Waals surface area (Å²) in [5, 5.41) is 32.9. The lowest BCUT2D eigenvalue weighted by Gasteiger charge is -2.62. The molecule has 3 saturated carbocycles. The van der Waals surface area contributed by atoms with Gasteiger partial charge in [0.05, 0.1) is 6.10 Å². The van der Waals surface area contributed by atoms with Crippen molar-refractivity contribution in [3.05, 3.63) is 23.8 Å². The normalized spacial score (nSPS) is 49.4. The van der Waals surface area contributed by atoms with E-state index in [0.29, 0.717) is 41.9 Å². The van der Waals surface area contributed by atoms with E-state index in [1.807, 2.05) is 6.08 Å². The van der Waals surface area contributed by atoms with Crippen molar-refractivity contribution in [3.63, 3.8) is 0 Å². The maximum Gasteiger partial charge on any atom is 0.102 e. The number of hydrogen-bond donors (Lipinski definition) is 3. The standard InChI is InChI=1S/C28H46O3/c1-17(2)18(3)7-8-19(4)22-9-10-23-21-15-25(30)28(31)16-20(29)11-14-27(28,6)24(21)12-13-26(22,23)5/h7-8,15,17-20,22-25,29-31H,9-14,16H2,1-6H3/b8-7+/t18-,19+,20-,22+,23-,24-,25-,26+,27+,28-/m0/s1. The monoisotopic (exact) mass is 430 g/mol. The molecule has 4 aliphatic rings. The number of hydrogen-bond acceptors (Lipinski definition) is 3. The minimum atomic E-state index is -1.20. The summed E-state index contributed by atoms with van der Waals surface area (Å²) in [6, 6.07) is 0. The fourth-order valence-electron chi connectivity index (χ4n) is 8.16. The van der Waals surface area contributed by atoms with E-state index in [1.54, 1.807) is 0 Å². The van der Waals surface area contributed by atoms with Crippen LogP contribution in [0, 0.1) is 46.3 Å². The number of allylic oxidation sites excluding steroid dienone is 3. The lowest BCUT2D eigenvalue weighted by atomic mass is 9.45. The summed E-state index contributed by atoms with van der Waals surface area (Å²) >= 11 is 0. The maximum atomic E-state index is 11.6. The van der Waals surface area contributed by atoms with Crippen molar-refractivity contribution in [2.75, 3.05) is 0 Å². The molecule has 0 amide bonds. The van der Waals surface area contributed by atoms with E-state index >= 15 is 0 Å². The smallest absolute Gasteiger partial charge is 0.102 e. The molecular formula is C28H46O3. The van der Waals surface area contributed by atoms with E-state index in [4.69, 9.17) is 0 Å². The zero-order chi connectivity index (χ0) is 22.8. The zero-order valence-electron chi connectivity index (χ0n) is 20.6. The van der Waals surface area contributed by atoms with Crippen molar-refractivity contribution >= 4 is 0 Å². The molecule has 4 aliphatic carbocycles. The van der Waals surface area contributed by atoms with Crippen molar-refractivity contribution in [1.29, 1.82) is 0 Å². The van der Waals surface area contributed by atoms with Crippen LogP contribution in [0.5, 0.6) is 0 Å². The lowest BCUT2D eigenvalue weighted by molar-refractivity contribution is -0.210. The fourth-order valence-corrected chi connectivity index (χ4v) is 8.16. The molecule has 0 radical (unpaired) electrons. The van der Waals surface area contributed by atoms with Crippen molar-refractivity contribution < 1.29 is 15.3 Å². The van der Waals surface area contributed by atoms with Crippen LogP contribution in [0.2, 0.25) is 0 Å². The van der Waals surface area contributed by atoms with Gasteiger partial charge in [0.15, 0.2) is 0 Å². The Morgan fingerprint density at radius 1 is 0.935 bits per heavy atom. The topological polar surface area (TPSA) is 60.7 Å². The molecule has 4 rings (SSSR count). The average Bonchev–Trinajstić information content (AvgIpc) is 3.05. The first-order chi connectivity index (χ1) is 14.4. The van der Waals surface area contributed by atoms with E-state index in [9.17, 15) is 15.3 Å². The highest BCUT2D eigenvalue weighted by molar-refractivity contribution is 5.33. The molecule has 0 aromatic carbocycles. The first-order valence-corrected chi connectivity index (χ1v) is 12.9. The second-order valence-corrected chi connectivity index (χ2v) is 12.5. The third kappa shape index (κ3) is 3.49. The first kappa shape index (κ1) is 23.5. The van der Waals surface area contributed by atoms with Gasteiger partial charge in [-0.1, -0.05) is 65.3 Å². The predicted octanol–water partition coefficient (Wildman–Crippen LogP) is 5.50. The van der Waals surface area contributed by atoms with E-state index in [0.717, 1.165) is 19.3 Å². The van der Waals surface area contributed by atoms with Gasteiger partial charge in [-0.3, -0.25) is 0 Å². The van der Waals surface area contributed by atoms with Gasteiger partial charge in [-0.25, -0.2) is 0 Å². The molecule has 10 atom stereocenters. The van der Waals surface area contributed by atoms with Crippen molar-refractivity contribution in [1.82, 2.24) is 0 Å². The molecule has 3 heteroatoms. The highest BCUT2D eigenvalue weighted by Crippen LogP contribution is 2.67. The van der Waals surface area contributed by atoms with Gasteiger partial charge in [0, 0.05) is 11.8 Å². The Morgan fingerprint density at radius 3 is 2.32 bits per heavy atom. The Hall–Kier alpha value is -0.640. The van der Waals surface area contributed by atoms with Gasteiger partial charge in [0.1, 0.15) is 11.7 Å². The number of aliphatic hydroxyl groups excluding tert-OH is 2. The van der Waals surface area contributed by atoms with Crippen LogP contribution in [0.25, 0.3) is 0 Å². The quantitative estimate of drug-likeness (QED) is 0.516. The Morgan fingerprint density at radius 2 is 1.65 bits per heavy atom. The Labute approximate surface area is 190 Å². The van der Waals surface area contributed by atoms with Crippen molar-refractivity contribution in [2.24, 2.45) is 46.3 Å². The molecule has 176 valence electrons. The predicted molar refractivity (Wildman–Crippen MR) is 126 cm³/mol. The molecular weight excluding hydrogens is 384 g/mol. The molecule has 0 aliphatic heterocycles. The van der Waals surface area contributed by atoms with Gasteiger partial charge in [-0.2, -0.15) is 0 Å². The van der Waals surface area contributed by atoms with Crippen molar-refractivity contribution in [3.8, 4) is 0 Å². The summed E-state index contributed by atoms with van der Waals surface area (Å²) in [6.07, 6.45) is 12.1. The van der Waals surface area contributed by atoms with E-state index in [2.05, 4.69) is 53.7 Å². The Balaban J connectivity index is 1.61. The van der Waals surface area contributed by atoms with Gasteiger partial charge in [-0.05, 0) is 79.4 Å². The third-order valence-electron chi connectivity index (χ3n) is 10.7. The largest absolute Gasteiger partial charge is 0.393 e. The molecule has 0 aromatic rings.